The van der Waals surface area contributed by atoms with Gasteiger partial charge in [-0.3, -0.25) is 14.5 Å². The number of aromatic amines is 1. The van der Waals surface area contributed by atoms with Gasteiger partial charge in [-0.2, -0.15) is 0 Å². The molecule has 0 fully saturated rings. The highest BCUT2D eigenvalue weighted by Crippen LogP contribution is 2.41. The van der Waals surface area contributed by atoms with Crippen molar-refractivity contribution in [2.45, 2.75) is 20.0 Å². The topological polar surface area (TPSA) is 80.8 Å². The minimum Gasteiger partial charge on any atom is -0.361 e. The quantitative estimate of drug-likeness (QED) is 0.233. The van der Waals surface area contributed by atoms with Crippen LogP contribution < -0.4 is 15.2 Å². The molecule has 0 aliphatic carbocycles. The third kappa shape index (κ3) is 4.61. The van der Waals surface area contributed by atoms with Crippen molar-refractivity contribution >= 4 is 57.1 Å². The second kappa shape index (κ2) is 10.4. The number of aryl methyl sites for hydroxylation is 1. The zero-order chi connectivity index (χ0) is 27.8. The number of carbonyl (C=O) groups is 2. The second-order valence-corrected chi connectivity index (χ2v) is 10.1. The van der Waals surface area contributed by atoms with Crippen LogP contribution in [0.4, 0.5) is 17.1 Å². The minimum absolute atomic E-state index is 0.157. The summed E-state index contributed by atoms with van der Waals surface area (Å²) in [7, 11) is 0. The van der Waals surface area contributed by atoms with E-state index in [0.717, 1.165) is 33.4 Å². The van der Waals surface area contributed by atoms with E-state index < -0.39 is 6.17 Å². The Morgan fingerprint density at radius 2 is 1.55 bits per heavy atom. The Kier molecular flexibility index (Phi) is 6.58. The Hall–Kier alpha value is -4.88. The number of aromatic nitrogens is 1. The largest absolute Gasteiger partial charge is 0.361 e. The number of H-pyrrole nitrogens is 1. The molecular weight excluding hydrogens is 522 g/mol. The Bertz CT molecular complexity index is 1760. The molecule has 1 atom stereocenters. The number of benzene rings is 4. The van der Waals surface area contributed by atoms with E-state index in [1.807, 2.05) is 89.8 Å². The van der Waals surface area contributed by atoms with Gasteiger partial charge < -0.3 is 10.3 Å². The van der Waals surface area contributed by atoms with Crippen LogP contribution in [0, 0.1) is 6.92 Å². The van der Waals surface area contributed by atoms with Gasteiger partial charge in [0.05, 0.1) is 16.3 Å². The zero-order valence-corrected chi connectivity index (χ0v) is 22.7. The van der Waals surface area contributed by atoms with Crippen molar-refractivity contribution in [2.24, 2.45) is 5.10 Å². The summed E-state index contributed by atoms with van der Waals surface area (Å²) in [5, 5.41) is 11.0. The molecule has 4 aromatic carbocycles. The molecule has 6 rings (SSSR count). The maximum atomic E-state index is 13.0. The molecule has 2 N–H and O–H groups in total. The number of halogens is 1. The van der Waals surface area contributed by atoms with Crippen molar-refractivity contribution in [3.05, 3.63) is 125 Å². The molecule has 5 aromatic rings. The van der Waals surface area contributed by atoms with Crippen molar-refractivity contribution < 1.29 is 9.59 Å². The van der Waals surface area contributed by atoms with Gasteiger partial charge >= 0.3 is 0 Å². The average Bonchev–Trinajstić information content (AvgIpc) is 3.56. The van der Waals surface area contributed by atoms with Crippen molar-refractivity contribution in [3.63, 3.8) is 0 Å². The molecule has 1 aromatic heterocycles. The van der Waals surface area contributed by atoms with E-state index in [1.54, 1.807) is 24.3 Å². The first-order valence-corrected chi connectivity index (χ1v) is 13.2. The summed E-state index contributed by atoms with van der Waals surface area (Å²) in [5.41, 5.74) is 5.73. The number of nitrogens with one attached hydrogen (secondary N) is 2. The molecule has 2 heterocycles. The van der Waals surface area contributed by atoms with Crippen LogP contribution in [0.2, 0.25) is 5.02 Å². The lowest BCUT2D eigenvalue weighted by molar-refractivity contribution is -0.111. The van der Waals surface area contributed by atoms with Gasteiger partial charge in [-0.25, -0.2) is 5.01 Å². The van der Waals surface area contributed by atoms with Crippen LogP contribution in [-0.4, -0.2) is 22.5 Å². The smallest absolute Gasteiger partial charge is 0.257 e. The molecule has 40 heavy (non-hydrogen) atoms. The molecule has 0 saturated carbocycles. The van der Waals surface area contributed by atoms with Gasteiger partial charge in [0.1, 0.15) is 0 Å². The number of amidine groups is 1. The van der Waals surface area contributed by atoms with Crippen LogP contribution in [0.3, 0.4) is 0 Å². The van der Waals surface area contributed by atoms with E-state index in [-0.39, 0.29) is 11.7 Å². The predicted octanol–water partition coefficient (Wildman–Crippen LogP) is 7.31. The number of hydrogen-bond donors (Lipinski definition) is 2. The minimum atomic E-state index is -0.429. The monoisotopic (exact) mass is 547 g/mol. The Morgan fingerprint density at radius 1 is 0.875 bits per heavy atom. The predicted molar refractivity (Wildman–Crippen MR) is 161 cm³/mol. The van der Waals surface area contributed by atoms with Gasteiger partial charge in [0.25, 0.3) is 5.91 Å². The lowest BCUT2D eigenvalue weighted by Crippen LogP contribution is -2.37. The van der Waals surface area contributed by atoms with E-state index in [0.29, 0.717) is 22.1 Å². The lowest BCUT2D eigenvalue weighted by Gasteiger charge is -2.31. The third-order valence-corrected chi connectivity index (χ3v) is 7.27. The number of fused-ring (bicyclic) bond motifs is 1. The number of para-hydroxylation sites is 1. The van der Waals surface area contributed by atoms with E-state index in [1.165, 1.54) is 6.92 Å². The fraction of sp³-hybridized carbons (Fsp3) is 0.0938. The van der Waals surface area contributed by atoms with Crippen molar-refractivity contribution in [1.82, 2.24) is 4.98 Å². The SMILES string of the molecule is CC(=O)C1=NN(c2ccc(C)cc2)[C@H](c2c[nH]c3ccccc23)N1c1ccc(NC(=O)c2ccccc2Cl)cc1. The average molecular weight is 548 g/mol. The fourth-order valence-electron chi connectivity index (χ4n) is 4.96. The van der Waals surface area contributed by atoms with Gasteiger partial charge in [0.15, 0.2) is 17.8 Å². The molecule has 0 unspecified atom stereocenters. The van der Waals surface area contributed by atoms with E-state index >= 15 is 0 Å². The number of hydrazone groups is 1. The van der Waals surface area contributed by atoms with Gasteiger partial charge in [0, 0.05) is 41.0 Å². The van der Waals surface area contributed by atoms with Crippen LogP contribution >= 0.6 is 11.6 Å². The number of hydrogen-bond acceptors (Lipinski definition) is 5. The van der Waals surface area contributed by atoms with E-state index in [2.05, 4.69) is 16.4 Å². The van der Waals surface area contributed by atoms with Gasteiger partial charge in [-0.1, -0.05) is 59.6 Å². The molecule has 1 aliphatic rings. The summed E-state index contributed by atoms with van der Waals surface area (Å²) in [6.45, 7) is 3.56. The zero-order valence-electron chi connectivity index (χ0n) is 21.9. The summed E-state index contributed by atoms with van der Waals surface area (Å²) in [5.74, 6) is -0.132. The summed E-state index contributed by atoms with van der Waals surface area (Å²) >= 11 is 6.20. The van der Waals surface area contributed by atoms with Gasteiger partial charge in [-0.05, 0) is 61.5 Å². The summed E-state index contributed by atoms with van der Waals surface area (Å²) in [4.78, 5) is 31.1. The molecule has 1 amide bonds. The highest BCUT2D eigenvalue weighted by atomic mass is 35.5. The number of nitrogens with zero attached hydrogens (tertiary/aromatic N) is 3. The molecule has 8 heteroatoms. The second-order valence-electron chi connectivity index (χ2n) is 9.67. The maximum Gasteiger partial charge on any atom is 0.257 e. The number of anilines is 3. The van der Waals surface area contributed by atoms with Crippen molar-refractivity contribution in [1.29, 1.82) is 0 Å². The Labute approximate surface area is 236 Å². The molecule has 1 aliphatic heterocycles. The summed E-state index contributed by atoms with van der Waals surface area (Å²) in [6.07, 6.45) is 1.54. The number of rotatable bonds is 6. The first-order chi connectivity index (χ1) is 19.4. The fourth-order valence-corrected chi connectivity index (χ4v) is 5.18. The van der Waals surface area contributed by atoms with Crippen LogP contribution in [0.25, 0.3) is 10.9 Å². The number of Topliss-reactive ketones (excluding diaryl/α,β-unsaturated/α-hetero) is 1. The first-order valence-electron chi connectivity index (χ1n) is 12.9. The van der Waals surface area contributed by atoms with Crippen molar-refractivity contribution in [3.8, 4) is 0 Å². The third-order valence-electron chi connectivity index (χ3n) is 6.94. The molecule has 198 valence electrons. The molecule has 0 radical (unpaired) electrons. The van der Waals surface area contributed by atoms with Gasteiger partial charge in [-0.15, -0.1) is 5.10 Å². The molecular formula is C32H26ClN5O2. The van der Waals surface area contributed by atoms with Crippen LogP contribution in [0.5, 0.6) is 0 Å². The number of amides is 1. The van der Waals surface area contributed by atoms with Crippen molar-refractivity contribution in [2.75, 3.05) is 15.2 Å². The van der Waals surface area contributed by atoms with E-state index in [4.69, 9.17) is 16.7 Å². The van der Waals surface area contributed by atoms with Crippen LogP contribution in [0.1, 0.15) is 34.6 Å². The first kappa shape index (κ1) is 25.4. The van der Waals surface area contributed by atoms with E-state index in [9.17, 15) is 9.59 Å². The Morgan fingerprint density at radius 3 is 2.27 bits per heavy atom. The van der Waals surface area contributed by atoms with Gasteiger partial charge in [0.2, 0.25) is 0 Å². The molecule has 0 bridgehead atoms. The number of ketones is 1. The van der Waals surface area contributed by atoms with Crippen LogP contribution in [-0.2, 0) is 4.79 Å². The summed E-state index contributed by atoms with van der Waals surface area (Å²) < 4.78 is 0. The Balaban J connectivity index is 1.41. The highest BCUT2D eigenvalue weighted by Gasteiger charge is 2.40. The summed E-state index contributed by atoms with van der Waals surface area (Å²) in [6, 6.07) is 30.4. The molecule has 7 nitrogen and oxygen atoms in total. The number of carbonyl (C=O) groups excluding carboxylic acids is 2. The van der Waals surface area contributed by atoms with Crippen LogP contribution in [0.15, 0.2) is 108 Å². The molecule has 0 spiro atoms. The lowest BCUT2D eigenvalue weighted by atomic mass is 10.1. The molecule has 0 saturated heterocycles. The standard InChI is InChI=1S/C32H26ClN5O2/c1-20-11-15-24(16-12-20)38-32(27-19-34-29-10-6-4-7-25(27)29)37(30(36-38)21(2)39)23-17-13-22(14-18-23)35-31(40)26-8-3-5-9-28(26)33/h3-19,32,34H,1-2H3,(H,35,40)/t32-/m1/s1. The highest BCUT2D eigenvalue weighted by molar-refractivity contribution is 6.44. The maximum absolute atomic E-state index is 13.0. The normalized spacial score (nSPS) is 14.9.